The maximum absolute atomic E-state index is 5.94. The first-order chi connectivity index (χ1) is 14.8. The summed E-state index contributed by atoms with van der Waals surface area (Å²) < 4.78 is 27.7. The monoisotopic (exact) mass is 404 g/mol. The number of rotatable bonds is 10. The number of benzene rings is 3. The van der Waals surface area contributed by atoms with Crippen LogP contribution in [0, 0.1) is 0 Å². The second kappa shape index (κ2) is 8.78. The van der Waals surface area contributed by atoms with E-state index in [1.807, 2.05) is 48.5 Å². The standard InChI is InChI=1S/C25H24O5/c1-2-18(12-23(3-1)28-15-25-17-30-25)13-26-21-8-4-19(5-9-21)20-6-10-22(11-7-20)27-14-24-16-29-24/h1-12,24-25H,13-17H2. The van der Waals surface area contributed by atoms with E-state index in [9.17, 15) is 0 Å². The van der Waals surface area contributed by atoms with Crippen LogP contribution < -0.4 is 14.2 Å². The van der Waals surface area contributed by atoms with Gasteiger partial charge in [-0.1, -0.05) is 36.4 Å². The lowest BCUT2D eigenvalue weighted by atomic mass is 10.1. The fraction of sp³-hybridized carbons (Fsp3) is 0.280. The Balaban J connectivity index is 1.14. The molecule has 0 amide bonds. The topological polar surface area (TPSA) is 52.8 Å². The average Bonchev–Trinajstić information content (AvgIpc) is 3.71. The van der Waals surface area contributed by atoms with Gasteiger partial charge in [-0.25, -0.2) is 0 Å². The number of hydrogen-bond donors (Lipinski definition) is 0. The van der Waals surface area contributed by atoms with Crippen molar-refractivity contribution < 1.29 is 23.7 Å². The highest BCUT2D eigenvalue weighted by Crippen LogP contribution is 2.26. The molecule has 2 saturated heterocycles. The van der Waals surface area contributed by atoms with Gasteiger partial charge in [0, 0.05) is 0 Å². The first-order valence-corrected chi connectivity index (χ1v) is 10.2. The van der Waals surface area contributed by atoms with E-state index in [2.05, 4.69) is 24.3 Å². The van der Waals surface area contributed by atoms with Crippen LogP contribution in [0.4, 0.5) is 0 Å². The lowest BCUT2D eigenvalue weighted by Crippen LogP contribution is -2.04. The summed E-state index contributed by atoms with van der Waals surface area (Å²) in [5.41, 5.74) is 3.35. The van der Waals surface area contributed by atoms with Crippen molar-refractivity contribution in [2.45, 2.75) is 18.8 Å². The van der Waals surface area contributed by atoms with Crippen LogP contribution in [0.15, 0.2) is 72.8 Å². The fourth-order valence-corrected chi connectivity index (χ4v) is 3.09. The minimum atomic E-state index is 0.254. The Morgan fingerprint density at radius 3 is 1.73 bits per heavy atom. The van der Waals surface area contributed by atoms with Gasteiger partial charge in [-0.3, -0.25) is 0 Å². The molecule has 5 rings (SSSR count). The van der Waals surface area contributed by atoms with E-state index < -0.39 is 0 Å². The van der Waals surface area contributed by atoms with Crippen molar-refractivity contribution in [2.75, 3.05) is 26.4 Å². The molecule has 2 aliphatic heterocycles. The van der Waals surface area contributed by atoms with Gasteiger partial charge in [-0.2, -0.15) is 0 Å². The van der Waals surface area contributed by atoms with E-state index in [1.165, 1.54) is 0 Å². The quantitative estimate of drug-likeness (QED) is 0.466. The Bertz CT molecular complexity index is 960. The van der Waals surface area contributed by atoms with Crippen LogP contribution in [-0.2, 0) is 16.1 Å². The molecule has 5 heteroatoms. The summed E-state index contributed by atoms with van der Waals surface area (Å²) in [6.07, 6.45) is 0.522. The van der Waals surface area contributed by atoms with E-state index in [-0.39, 0.29) is 12.2 Å². The highest BCUT2D eigenvalue weighted by atomic mass is 16.6. The van der Waals surface area contributed by atoms with Crippen molar-refractivity contribution in [3.63, 3.8) is 0 Å². The van der Waals surface area contributed by atoms with Gasteiger partial charge in [0.2, 0.25) is 0 Å². The summed E-state index contributed by atoms with van der Waals surface area (Å²) in [5.74, 6) is 2.55. The zero-order chi connectivity index (χ0) is 20.2. The highest BCUT2D eigenvalue weighted by Gasteiger charge is 2.23. The molecule has 2 fully saturated rings. The van der Waals surface area contributed by atoms with Crippen LogP contribution in [0.2, 0.25) is 0 Å². The first-order valence-electron chi connectivity index (χ1n) is 10.2. The van der Waals surface area contributed by atoms with Crippen molar-refractivity contribution in [3.05, 3.63) is 78.4 Å². The number of hydrogen-bond acceptors (Lipinski definition) is 5. The third kappa shape index (κ3) is 5.32. The zero-order valence-corrected chi connectivity index (χ0v) is 16.7. The Morgan fingerprint density at radius 1 is 0.633 bits per heavy atom. The molecule has 0 aromatic heterocycles. The fourth-order valence-electron chi connectivity index (χ4n) is 3.09. The first kappa shape index (κ1) is 19.0. The van der Waals surface area contributed by atoms with E-state index in [4.69, 9.17) is 23.7 Å². The summed E-state index contributed by atoms with van der Waals surface area (Å²) in [7, 11) is 0. The highest BCUT2D eigenvalue weighted by molar-refractivity contribution is 5.64. The minimum Gasteiger partial charge on any atom is -0.491 e. The largest absolute Gasteiger partial charge is 0.491 e. The van der Waals surface area contributed by atoms with Crippen LogP contribution in [0.25, 0.3) is 11.1 Å². The van der Waals surface area contributed by atoms with Crippen molar-refractivity contribution in [1.29, 1.82) is 0 Å². The Morgan fingerprint density at radius 2 is 1.17 bits per heavy atom. The van der Waals surface area contributed by atoms with Gasteiger partial charge < -0.3 is 23.7 Å². The maximum atomic E-state index is 5.94. The van der Waals surface area contributed by atoms with Crippen LogP contribution in [-0.4, -0.2) is 38.6 Å². The second-order valence-electron chi connectivity index (χ2n) is 7.52. The Kier molecular flexibility index (Phi) is 5.55. The molecule has 3 aromatic rings. The van der Waals surface area contributed by atoms with E-state index in [0.717, 1.165) is 47.2 Å². The second-order valence-corrected chi connectivity index (χ2v) is 7.52. The smallest absolute Gasteiger partial charge is 0.119 e. The van der Waals surface area contributed by atoms with Gasteiger partial charge in [0.05, 0.1) is 13.2 Å². The van der Waals surface area contributed by atoms with Gasteiger partial charge in [-0.15, -0.1) is 0 Å². The van der Waals surface area contributed by atoms with Crippen molar-refractivity contribution in [1.82, 2.24) is 0 Å². The summed E-state index contributed by atoms with van der Waals surface area (Å²) >= 11 is 0. The van der Waals surface area contributed by atoms with Crippen molar-refractivity contribution >= 4 is 0 Å². The molecular formula is C25H24O5. The average molecular weight is 404 g/mol. The lowest BCUT2D eigenvalue weighted by molar-refractivity contribution is 0.261. The van der Waals surface area contributed by atoms with Gasteiger partial charge in [0.1, 0.15) is 49.3 Å². The van der Waals surface area contributed by atoms with Crippen LogP contribution >= 0.6 is 0 Å². The Hall–Kier alpha value is -3.02. The molecule has 5 nitrogen and oxygen atoms in total. The van der Waals surface area contributed by atoms with Crippen LogP contribution in [0.5, 0.6) is 17.2 Å². The van der Waals surface area contributed by atoms with Crippen molar-refractivity contribution in [2.24, 2.45) is 0 Å². The molecule has 2 atom stereocenters. The lowest BCUT2D eigenvalue weighted by Gasteiger charge is -2.10. The van der Waals surface area contributed by atoms with Gasteiger partial charge in [0.15, 0.2) is 0 Å². The molecular weight excluding hydrogens is 380 g/mol. The van der Waals surface area contributed by atoms with Crippen LogP contribution in [0.3, 0.4) is 0 Å². The zero-order valence-electron chi connectivity index (χ0n) is 16.7. The molecule has 0 saturated carbocycles. The Labute approximate surface area is 176 Å². The van der Waals surface area contributed by atoms with Gasteiger partial charge >= 0.3 is 0 Å². The number of ether oxygens (including phenoxy) is 5. The minimum absolute atomic E-state index is 0.254. The molecule has 0 radical (unpaired) electrons. The van der Waals surface area contributed by atoms with E-state index in [0.29, 0.717) is 19.8 Å². The molecule has 2 unspecified atom stereocenters. The SMILES string of the molecule is c1cc(COc2ccc(-c3ccc(OCC4CO4)cc3)cc2)cc(OCC2CO2)c1. The third-order valence-electron chi connectivity index (χ3n) is 5.02. The molecule has 0 spiro atoms. The predicted molar refractivity (Wildman–Crippen MR) is 113 cm³/mol. The molecule has 3 aromatic carbocycles. The summed E-state index contributed by atoms with van der Waals surface area (Å²) in [6, 6.07) is 24.2. The summed E-state index contributed by atoms with van der Waals surface area (Å²) in [5, 5.41) is 0. The molecule has 30 heavy (non-hydrogen) atoms. The maximum Gasteiger partial charge on any atom is 0.119 e. The molecule has 154 valence electrons. The van der Waals surface area contributed by atoms with E-state index >= 15 is 0 Å². The number of epoxide rings is 2. The molecule has 0 bridgehead atoms. The van der Waals surface area contributed by atoms with Gasteiger partial charge in [-0.05, 0) is 53.1 Å². The molecule has 2 aliphatic rings. The van der Waals surface area contributed by atoms with Gasteiger partial charge in [0.25, 0.3) is 0 Å². The van der Waals surface area contributed by atoms with Crippen LogP contribution in [0.1, 0.15) is 5.56 Å². The normalized spacial score (nSPS) is 19.2. The summed E-state index contributed by atoms with van der Waals surface area (Å²) in [4.78, 5) is 0. The molecule has 0 aliphatic carbocycles. The third-order valence-corrected chi connectivity index (χ3v) is 5.02. The molecule has 0 N–H and O–H groups in total. The van der Waals surface area contributed by atoms with Crippen molar-refractivity contribution in [3.8, 4) is 28.4 Å². The van der Waals surface area contributed by atoms with E-state index in [1.54, 1.807) is 0 Å². The predicted octanol–water partition coefficient (Wildman–Crippen LogP) is 4.49. The summed E-state index contributed by atoms with van der Waals surface area (Å²) in [6.45, 7) is 3.32. The molecule has 2 heterocycles.